The van der Waals surface area contributed by atoms with Gasteiger partial charge in [0, 0.05) is 26.1 Å². The quantitative estimate of drug-likeness (QED) is 0.362. The number of carboxylic acid groups (broad SMARTS) is 2. The zero-order valence-electron chi connectivity index (χ0n) is 17.2. The molecule has 0 aliphatic carbocycles. The van der Waals surface area contributed by atoms with Crippen LogP contribution in [0, 0.1) is 0 Å². The van der Waals surface area contributed by atoms with Gasteiger partial charge >= 0.3 is 11.9 Å². The molecular weight excluding hydrogens is 350 g/mol. The fourth-order valence-electron chi connectivity index (χ4n) is 3.00. The summed E-state index contributed by atoms with van der Waals surface area (Å²) in [6.45, 7) is 10.6. The van der Waals surface area contributed by atoms with Gasteiger partial charge in [-0.3, -0.25) is 24.2 Å². The molecule has 0 aliphatic rings. The van der Waals surface area contributed by atoms with Crippen LogP contribution in [-0.2, 0) is 14.4 Å². The van der Waals surface area contributed by atoms with Crippen LogP contribution in [0.25, 0.3) is 0 Å². The minimum atomic E-state index is -0.923. The Balaban J connectivity index is 4.49. The first-order valence-corrected chi connectivity index (χ1v) is 9.94. The summed E-state index contributed by atoms with van der Waals surface area (Å²) in [4.78, 5) is 39.5. The number of ketones is 1. The maximum Gasteiger partial charge on any atom is 0.317 e. The second kappa shape index (κ2) is 15.5. The fraction of sp³-hybridized carbons (Fsp3) is 0.842. The highest BCUT2D eigenvalue weighted by Gasteiger charge is 2.15. The van der Waals surface area contributed by atoms with Gasteiger partial charge in [0.2, 0.25) is 0 Å². The van der Waals surface area contributed by atoms with E-state index in [9.17, 15) is 14.4 Å². The molecule has 27 heavy (non-hydrogen) atoms. The zero-order valence-corrected chi connectivity index (χ0v) is 17.2. The lowest BCUT2D eigenvalue weighted by Crippen LogP contribution is -2.40. The number of carbonyl (C=O) groups excluding carboxylic acids is 1. The maximum atomic E-state index is 11.6. The molecule has 2 N–H and O–H groups in total. The summed E-state index contributed by atoms with van der Waals surface area (Å²) in [5.41, 5.74) is 0. The monoisotopic (exact) mass is 387 g/mol. The number of carbonyl (C=O) groups is 3. The van der Waals surface area contributed by atoms with E-state index in [0.29, 0.717) is 19.5 Å². The number of hydrogen-bond donors (Lipinski definition) is 2. The standard InChI is InChI=1S/C19H37N3O5/c1-4-8-20(12-13-21(9-5-2)15-18(24)25)10-7-11-22(16-19(26)27)14-17(23)6-3/h4-16H2,1-3H3,(H,24,25)(H,26,27). The molecule has 8 heteroatoms. The van der Waals surface area contributed by atoms with Crippen molar-refractivity contribution in [3.05, 3.63) is 0 Å². The Morgan fingerprint density at radius 1 is 0.630 bits per heavy atom. The van der Waals surface area contributed by atoms with Gasteiger partial charge in [-0.1, -0.05) is 20.8 Å². The number of carboxylic acids is 2. The Kier molecular flexibility index (Phi) is 14.7. The Labute approximate surface area is 163 Å². The predicted octanol–water partition coefficient (Wildman–Crippen LogP) is 1.25. The largest absolute Gasteiger partial charge is 0.480 e. The van der Waals surface area contributed by atoms with Gasteiger partial charge < -0.3 is 15.1 Å². The summed E-state index contributed by atoms with van der Waals surface area (Å²) in [5.74, 6) is -1.69. The summed E-state index contributed by atoms with van der Waals surface area (Å²) < 4.78 is 0. The second-order valence-electron chi connectivity index (χ2n) is 6.86. The molecule has 0 radical (unpaired) electrons. The highest BCUT2D eigenvalue weighted by atomic mass is 16.4. The van der Waals surface area contributed by atoms with Crippen LogP contribution in [0.4, 0.5) is 0 Å². The molecule has 0 aromatic rings. The van der Waals surface area contributed by atoms with Crippen molar-refractivity contribution in [1.82, 2.24) is 14.7 Å². The van der Waals surface area contributed by atoms with Gasteiger partial charge in [-0.25, -0.2) is 0 Å². The molecule has 0 bridgehead atoms. The van der Waals surface area contributed by atoms with E-state index < -0.39 is 11.9 Å². The van der Waals surface area contributed by atoms with Crippen LogP contribution in [0.2, 0.25) is 0 Å². The molecule has 0 fully saturated rings. The lowest BCUT2D eigenvalue weighted by atomic mass is 10.2. The predicted molar refractivity (Wildman–Crippen MR) is 105 cm³/mol. The topological polar surface area (TPSA) is 101 Å². The third kappa shape index (κ3) is 14.2. The Hall–Kier alpha value is -1.51. The average molecular weight is 388 g/mol. The molecule has 0 spiro atoms. The Morgan fingerprint density at radius 3 is 1.63 bits per heavy atom. The van der Waals surface area contributed by atoms with E-state index in [1.165, 1.54) is 0 Å². The van der Waals surface area contributed by atoms with Crippen LogP contribution in [-0.4, -0.2) is 102 Å². The fourth-order valence-corrected chi connectivity index (χ4v) is 3.00. The summed E-state index contributed by atoms with van der Waals surface area (Å²) >= 11 is 0. The SMILES string of the molecule is CCCN(CCCN(CC(=O)O)CC(=O)CC)CCN(CCC)CC(=O)O. The van der Waals surface area contributed by atoms with Crippen LogP contribution >= 0.6 is 0 Å². The minimum absolute atomic E-state index is 0.0468. The normalized spacial score (nSPS) is 11.5. The molecule has 0 rings (SSSR count). The number of Topliss-reactive ketones (excluding diaryl/α,β-unsaturated/α-hetero) is 1. The average Bonchev–Trinajstić information content (AvgIpc) is 2.58. The van der Waals surface area contributed by atoms with Gasteiger partial charge in [-0.05, 0) is 38.9 Å². The van der Waals surface area contributed by atoms with Crippen LogP contribution in [0.1, 0.15) is 46.5 Å². The van der Waals surface area contributed by atoms with Crippen molar-refractivity contribution >= 4 is 17.7 Å². The van der Waals surface area contributed by atoms with Crippen molar-refractivity contribution in [3.63, 3.8) is 0 Å². The first-order chi connectivity index (χ1) is 12.8. The van der Waals surface area contributed by atoms with E-state index in [1.54, 1.807) is 11.8 Å². The van der Waals surface area contributed by atoms with Crippen LogP contribution in [0.5, 0.6) is 0 Å². The van der Waals surface area contributed by atoms with E-state index in [2.05, 4.69) is 11.8 Å². The van der Waals surface area contributed by atoms with Crippen LogP contribution in [0.15, 0.2) is 0 Å². The molecule has 158 valence electrons. The molecule has 0 aliphatic heterocycles. The summed E-state index contributed by atoms with van der Waals surface area (Å²) in [6.07, 6.45) is 3.10. The molecule has 0 heterocycles. The van der Waals surface area contributed by atoms with Gasteiger partial charge in [0.05, 0.1) is 19.6 Å². The lowest BCUT2D eigenvalue weighted by molar-refractivity contribution is -0.139. The molecule has 0 amide bonds. The number of hydrogen-bond acceptors (Lipinski definition) is 6. The molecule has 0 atom stereocenters. The zero-order chi connectivity index (χ0) is 20.7. The van der Waals surface area contributed by atoms with Gasteiger partial charge in [0.25, 0.3) is 0 Å². The van der Waals surface area contributed by atoms with E-state index in [1.807, 2.05) is 11.8 Å². The van der Waals surface area contributed by atoms with Crippen molar-refractivity contribution in [2.45, 2.75) is 46.5 Å². The second-order valence-corrected chi connectivity index (χ2v) is 6.86. The smallest absolute Gasteiger partial charge is 0.317 e. The van der Waals surface area contributed by atoms with Crippen LogP contribution < -0.4 is 0 Å². The molecule has 0 aromatic carbocycles. The summed E-state index contributed by atoms with van der Waals surface area (Å²) in [6, 6.07) is 0. The molecule has 0 saturated heterocycles. The van der Waals surface area contributed by atoms with Crippen molar-refractivity contribution < 1.29 is 24.6 Å². The lowest BCUT2D eigenvalue weighted by Gasteiger charge is -2.27. The molecule has 0 unspecified atom stereocenters. The van der Waals surface area contributed by atoms with E-state index in [4.69, 9.17) is 10.2 Å². The minimum Gasteiger partial charge on any atom is -0.480 e. The van der Waals surface area contributed by atoms with E-state index in [-0.39, 0.29) is 25.4 Å². The van der Waals surface area contributed by atoms with Gasteiger partial charge in [0.15, 0.2) is 0 Å². The third-order valence-electron chi connectivity index (χ3n) is 4.27. The first-order valence-electron chi connectivity index (χ1n) is 9.94. The summed E-state index contributed by atoms with van der Waals surface area (Å²) in [5, 5.41) is 18.0. The van der Waals surface area contributed by atoms with E-state index >= 15 is 0 Å². The van der Waals surface area contributed by atoms with Crippen LogP contribution in [0.3, 0.4) is 0 Å². The highest BCUT2D eigenvalue weighted by molar-refractivity contribution is 5.80. The Morgan fingerprint density at radius 2 is 1.11 bits per heavy atom. The highest BCUT2D eigenvalue weighted by Crippen LogP contribution is 2.01. The maximum absolute atomic E-state index is 11.6. The van der Waals surface area contributed by atoms with E-state index in [0.717, 1.165) is 45.4 Å². The number of nitrogens with zero attached hydrogens (tertiary/aromatic N) is 3. The molecule has 0 aromatic heterocycles. The number of rotatable bonds is 18. The van der Waals surface area contributed by atoms with Gasteiger partial charge in [0.1, 0.15) is 5.78 Å². The molecule has 8 nitrogen and oxygen atoms in total. The van der Waals surface area contributed by atoms with Crippen molar-refractivity contribution in [3.8, 4) is 0 Å². The van der Waals surface area contributed by atoms with Gasteiger partial charge in [-0.2, -0.15) is 0 Å². The Bertz CT molecular complexity index is 445. The number of aliphatic carboxylic acids is 2. The van der Waals surface area contributed by atoms with Crippen molar-refractivity contribution in [2.24, 2.45) is 0 Å². The summed E-state index contributed by atoms with van der Waals surface area (Å²) in [7, 11) is 0. The van der Waals surface area contributed by atoms with Crippen molar-refractivity contribution in [1.29, 1.82) is 0 Å². The third-order valence-corrected chi connectivity index (χ3v) is 4.27. The molecule has 0 saturated carbocycles. The van der Waals surface area contributed by atoms with Crippen molar-refractivity contribution in [2.75, 3.05) is 58.9 Å². The first kappa shape index (κ1) is 25.5. The molecular formula is C19H37N3O5. The van der Waals surface area contributed by atoms with Gasteiger partial charge in [-0.15, -0.1) is 0 Å².